The number of methoxy groups -OCH3 is 1. The van der Waals surface area contributed by atoms with Crippen molar-refractivity contribution in [3.8, 4) is 18.2 Å². The van der Waals surface area contributed by atoms with Gasteiger partial charge in [0.2, 0.25) is 5.76 Å². The Hall–Kier alpha value is -1.99. The van der Waals surface area contributed by atoms with Crippen LogP contribution in [0.15, 0.2) is 11.3 Å². The van der Waals surface area contributed by atoms with Crippen molar-refractivity contribution in [1.82, 2.24) is 0 Å². The third-order valence-corrected chi connectivity index (χ3v) is 0.756. The summed E-state index contributed by atoms with van der Waals surface area (Å²) in [6.07, 6.45) is 0. The first kappa shape index (κ1) is 8.01. The molecule has 0 radical (unpaired) electrons. The fraction of sp³-hybridized carbons (Fsp3) is 0.167. The van der Waals surface area contributed by atoms with Crippen LogP contribution in [0.5, 0.6) is 0 Å². The van der Waals surface area contributed by atoms with Crippen molar-refractivity contribution in [2.75, 3.05) is 7.11 Å². The minimum absolute atomic E-state index is 0.245. The first-order valence-electron chi connectivity index (χ1n) is 2.28. The molecule has 0 saturated heterocycles. The molecule has 0 aromatic heterocycles. The number of hydrogen-bond acceptors (Lipinski definition) is 4. The Kier molecular flexibility index (Phi) is 3.16. The largest absolute Gasteiger partial charge is 0.486 e. The van der Waals surface area contributed by atoms with E-state index >= 15 is 0 Å². The topological polar surface area (TPSA) is 80.6 Å². The monoisotopic (exact) mass is 133 g/mol. The summed E-state index contributed by atoms with van der Waals surface area (Å²) in [5.41, 5.74) is -0.301. The molecule has 0 aliphatic carbocycles. The highest BCUT2D eigenvalue weighted by atomic mass is 16.5. The van der Waals surface area contributed by atoms with E-state index in [1.807, 2.05) is 0 Å². The molecule has 0 aromatic rings. The van der Waals surface area contributed by atoms with Crippen molar-refractivity contribution in [3.63, 3.8) is 0 Å². The molecule has 48 valence electrons. The van der Waals surface area contributed by atoms with E-state index in [4.69, 9.17) is 15.8 Å². The Balaban J connectivity index is 4.86. The molecule has 4 nitrogen and oxygen atoms in total. The van der Waals surface area contributed by atoms with Gasteiger partial charge in [-0.25, -0.2) is 0 Å². The van der Waals surface area contributed by atoms with Gasteiger partial charge in [0.05, 0.1) is 7.11 Å². The van der Waals surface area contributed by atoms with Crippen molar-refractivity contribution in [1.29, 1.82) is 15.8 Å². The normalized spacial score (nSPS) is 6.20. The summed E-state index contributed by atoms with van der Waals surface area (Å²) in [7, 11) is 1.23. The summed E-state index contributed by atoms with van der Waals surface area (Å²) in [4.78, 5) is 0. The SMILES string of the molecule is COC(C#N)=C(C#N)C#N. The number of nitrogens with zero attached hydrogens (tertiary/aromatic N) is 3. The fourth-order valence-corrected chi connectivity index (χ4v) is 0.330. The van der Waals surface area contributed by atoms with Crippen LogP contribution < -0.4 is 0 Å². The van der Waals surface area contributed by atoms with Crippen molar-refractivity contribution >= 4 is 0 Å². The molecule has 10 heavy (non-hydrogen) atoms. The van der Waals surface area contributed by atoms with Gasteiger partial charge in [-0.2, -0.15) is 15.8 Å². The van der Waals surface area contributed by atoms with Gasteiger partial charge in [-0.15, -0.1) is 0 Å². The van der Waals surface area contributed by atoms with Gasteiger partial charge < -0.3 is 4.74 Å². The first-order chi connectivity index (χ1) is 4.79. The van der Waals surface area contributed by atoms with E-state index in [9.17, 15) is 0 Å². The highest BCUT2D eigenvalue weighted by molar-refractivity contribution is 5.42. The molecule has 0 unspecified atom stereocenters. The van der Waals surface area contributed by atoms with Gasteiger partial charge >= 0.3 is 0 Å². The van der Waals surface area contributed by atoms with E-state index in [1.165, 1.54) is 19.2 Å². The maximum Gasteiger partial charge on any atom is 0.225 e. The number of allylic oxidation sites excluding steroid dienone is 2. The molecule has 0 fully saturated rings. The van der Waals surface area contributed by atoms with Crippen LogP contribution in [0.4, 0.5) is 0 Å². The maximum absolute atomic E-state index is 8.22. The summed E-state index contributed by atoms with van der Waals surface area (Å²) in [6.45, 7) is 0. The Morgan fingerprint density at radius 2 is 1.60 bits per heavy atom. The predicted octanol–water partition coefficient (Wildman–Crippen LogP) is 0.458. The Bertz CT molecular complexity index is 255. The third kappa shape index (κ3) is 1.51. The average molecular weight is 133 g/mol. The zero-order valence-electron chi connectivity index (χ0n) is 5.25. The molecule has 0 aromatic carbocycles. The lowest BCUT2D eigenvalue weighted by Gasteiger charge is -1.91. The van der Waals surface area contributed by atoms with Crippen LogP contribution in [0.3, 0.4) is 0 Å². The highest BCUT2D eigenvalue weighted by Crippen LogP contribution is 2.00. The van der Waals surface area contributed by atoms with Crippen LogP contribution >= 0.6 is 0 Å². The van der Waals surface area contributed by atoms with Crippen LogP contribution in [0.2, 0.25) is 0 Å². The maximum atomic E-state index is 8.22. The van der Waals surface area contributed by atoms with Crippen molar-refractivity contribution in [2.24, 2.45) is 0 Å². The quantitative estimate of drug-likeness (QED) is 0.384. The van der Waals surface area contributed by atoms with Gasteiger partial charge in [0, 0.05) is 0 Å². The first-order valence-corrected chi connectivity index (χ1v) is 2.28. The minimum atomic E-state index is -0.301. The number of hydrogen-bond donors (Lipinski definition) is 0. The molecular formula is C6H3N3O. The van der Waals surface area contributed by atoms with E-state index in [1.54, 1.807) is 6.07 Å². The standard InChI is InChI=1S/C6H3N3O/c1-10-6(4-9)5(2-7)3-8/h1H3. The molecule has 0 heterocycles. The second-order valence-corrected chi connectivity index (χ2v) is 1.24. The highest BCUT2D eigenvalue weighted by Gasteiger charge is 2.02. The second-order valence-electron chi connectivity index (χ2n) is 1.24. The summed E-state index contributed by atoms with van der Waals surface area (Å²) >= 11 is 0. The molecule has 4 heteroatoms. The van der Waals surface area contributed by atoms with E-state index in [0.29, 0.717) is 0 Å². The van der Waals surface area contributed by atoms with E-state index in [-0.39, 0.29) is 11.3 Å². The zero-order valence-corrected chi connectivity index (χ0v) is 5.25. The van der Waals surface area contributed by atoms with Gasteiger partial charge in [0.1, 0.15) is 18.2 Å². The average Bonchev–Trinajstić information content (AvgIpc) is 2.00. The van der Waals surface area contributed by atoms with Crippen LogP contribution in [-0.2, 0) is 4.74 Å². The third-order valence-electron chi connectivity index (χ3n) is 0.756. The summed E-state index contributed by atoms with van der Waals surface area (Å²) in [5.74, 6) is -0.245. The Labute approximate surface area is 58.2 Å². The van der Waals surface area contributed by atoms with Crippen molar-refractivity contribution < 1.29 is 4.74 Å². The molecular weight excluding hydrogens is 130 g/mol. The van der Waals surface area contributed by atoms with E-state index < -0.39 is 0 Å². The lowest BCUT2D eigenvalue weighted by molar-refractivity contribution is 0.308. The van der Waals surface area contributed by atoms with Crippen molar-refractivity contribution in [2.45, 2.75) is 0 Å². The van der Waals surface area contributed by atoms with Gasteiger partial charge in [-0.05, 0) is 0 Å². The molecule has 0 atom stereocenters. The second kappa shape index (κ2) is 3.95. The molecule has 0 rings (SSSR count). The van der Waals surface area contributed by atoms with Gasteiger partial charge in [0.25, 0.3) is 0 Å². The molecule has 0 amide bonds. The lowest BCUT2D eigenvalue weighted by atomic mass is 10.3. The summed E-state index contributed by atoms with van der Waals surface area (Å²) in [6, 6.07) is 4.62. The predicted molar refractivity (Wildman–Crippen MR) is 30.9 cm³/mol. The molecule has 0 N–H and O–H groups in total. The summed E-state index contributed by atoms with van der Waals surface area (Å²) < 4.78 is 4.42. The molecule has 0 aliphatic rings. The smallest absolute Gasteiger partial charge is 0.225 e. The fourth-order valence-electron chi connectivity index (χ4n) is 0.330. The van der Waals surface area contributed by atoms with Gasteiger partial charge in [-0.1, -0.05) is 0 Å². The molecule has 0 spiro atoms. The number of nitriles is 3. The van der Waals surface area contributed by atoms with Crippen LogP contribution in [-0.4, -0.2) is 7.11 Å². The molecule has 0 aliphatic heterocycles. The number of ether oxygens (including phenoxy) is 1. The Morgan fingerprint density at radius 3 is 1.70 bits per heavy atom. The van der Waals surface area contributed by atoms with E-state index in [0.717, 1.165) is 0 Å². The Morgan fingerprint density at radius 1 is 1.10 bits per heavy atom. The minimum Gasteiger partial charge on any atom is -0.486 e. The van der Waals surface area contributed by atoms with Gasteiger partial charge in [0.15, 0.2) is 5.57 Å². The van der Waals surface area contributed by atoms with Gasteiger partial charge in [-0.3, -0.25) is 0 Å². The van der Waals surface area contributed by atoms with Crippen LogP contribution in [0.25, 0.3) is 0 Å². The van der Waals surface area contributed by atoms with E-state index in [2.05, 4.69) is 4.74 Å². The number of rotatable bonds is 1. The zero-order chi connectivity index (χ0) is 7.98. The van der Waals surface area contributed by atoms with Crippen LogP contribution in [0, 0.1) is 34.0 Å². The lowest BCUT2D eigenvalue weighted by Crippen LogP contribution is -1.87. The van der Waals surface area contributed by atoms with Crippen LogP contribution in [0.1, 0.15) is 0 Å². The van der Waals surface area contributed by atoms with Crippen molar-refractivity contribution in [3.05, 3.63) is 11.3 Å². The summed E-state index contributed by atoms with van der Waals surface area (Å²) in [5, 5.41) is 24.6. The molecule has 0 bridgehead atoms. The molecule has 0 saturated carbocycles.